The van der Waals surface area contributed by atoms with Crippen LogP contribution in [0.25, 0.3) is 10.1 Å². The summed E-state index contributed by atoms with van der Waals surface area (Å²) in [7, 11) is -0.975. The third kappa shape index (κ3) is 5.62. The van der Waals surface area contributed by atoms with Gasteiger partial charge in [0.2, 0.25) is 0 Å². The van der Waals surface area contributed by atoms with E-state index in [1.165, 1.54) is 29.8 Å². The maximum absolute atomic E-state index is 13.5. The minimum Gasteiger partial charge on any atom is -0.495 e. The molecule has 5 aromatic rings. The van der Waals surface area contributed by atoms with Gasteiger partial charge in [-0.1, -0.05) is 35.9 Å². The van der Waals surface area contributed by atoms with Crippen LogP contribution in [0.1, 0.15) is 15.2 Å². The van der Waals surface area contributed by atoms with Crippen LogP contribution in [-0.2, 0) is 10.0 Å². The van der Waals surface area contributed by atoms with Crippen molar-refractivity contribution in [2.24, 2.45) is 0 Å². The monoisotopic (exact) mass is 592 g/mol. The SMILES string of the molecule is COc1ccc(C)cc1S(=O)(=O)N(C)c1ccc2sc(C(=O)Nc3cc(Cl)ccc3Oc3ccccc3)cc2c1. The van der Waals surface area contributed by atoms with Gasteiger partial charge in [-0.15, -0.1) is 11.3 Å². The number of nitrogens with one attached hydrogen (secondary N) is 1. The van der Waals surface area contributed by atoms with E-state index >= 15 is 0 Å². The van der Waals surface area contributed by atoms with Crippen LogP contribution >= 0.6 is 22.9 Å². The molecule has 10 heteroatoms. The highest BCUT2D eigenvalue weighted by molar-refractivity contribution is 7.93. The number of sulfonamides is 1. The van der Waals surface area contributed by atoms with Crippen molar-refractivity contribution in [2.45, 2.75) is 11.8 Å². The van der Waals surface area contributed by atoms with E-state index in [0.717, 1.165) is 15.6 Å². The number of aryl methyl sites for hydroxylation is 1. The fourth-order valence-electron chi connectivity index (χ4n) is 4.10. The molecule has 0 saturated heterocycles. The minimum atomic E-state index is -3.90. The highest BCUT2D eigenvalue weighted by Crippen LogP contribution is 2.36. The second-order valence-electron chi connectivity index (χ2n) is 8.97. The van der Waals surface area contributed by atoms with Gasteiger partial charge in [0.05, 0.1) is 23.4 Å². The molecule has 0 aliphatic carbocycles. The van der Waals surface area contributed by atoms with Gasteiger partial charge in [0, 0.05) is 16.8 Å². The van der Waals surface area contributed by atoms with Crippen molar-refractivity contribution in [1.82, 2.24) is 0 Å². The predicted molar refractivity (Wildman–Crippen MR) is 161 cm³/mol. The molecule has 5 rings (SSSR count). The summed E-state index contributed by atoms with van der Waals surface area (Å²) in [6, 6.07) is 26.2. The molecule has 7 nitrogen and oxygen atoms in total. The largest absolute Gasteiger partial charge is 0.495 e. The number of ether oxygens (including phenoxy) is 2. The molecule has 0 unspecified atom stereocenters. The Kier molecular flexibility index (Phi) is 7.71. The Balaban J connectivity index is 1.41. The van der Waals surface area contributed by atoms with Crippen LogP contribution in [0.5, 0.6) is 17.2 Å². The summed E-state index contributed by atoms with van der Waals surface area (Å²) in [5.74, 6) is 1.00. The molecular weight excluding hydrogens is 568 g/mol. The molecule has 204 valence electrons. The van der Waals surface area contributed by atoms with E-state index in [4.69, 9.17) is 21.1 Å². The standard InChI is InChI=1S/C30H25ClN2O5S2/c1-19-9-12-26(37-3)29(15-19)40(35,36)33(2)22-11-14-27-20(16-22)17-28(39-27)30(34)32-24-18-21(31)10-13-25(24)38-23-7-5-4-6-8-23/h4-18H,1-3H3,(H,32,34). The highest BCUT2D eigenvalue weighted by atomic mass is 35.5. The average molecular weight is 593 g/mol. The molecule has 1 heterocycles. The quantitative estimate of drug-likeness (QED) is 0.199. The van der Waals surface area contributed by atoms with Crippen LogP contribution in [0.15, 0.2) is 95.9 Å². The van der Waals surface area contributed by atoms with Gasteiger partial charge < -0.3 is 14.8 Å². The molecule has 0 fully saturated rings. The summed E-state index contributed by atoms with van der Waals surface area (Å²) in [5.41, 5.74) is 1.68. The van der Waals surface area contributed by atoms with E-state index in [1.807, 2.05) is 37.3 Å². The Labute approximate surface area is 241 Å². The van der Waals surface area contributed by atoms with Gasteiger partial charge >= 0.3 is 0 Å². The zero-order chi connectivity index (χ0) is 28.4. The van der Waals surface area contributed by atoms with Crippen LogP contribution in [0, 0.1) is 6.92 Å². The van der Waals surface area contributed by atoms with Gasteiger partial charge in [-0.25, -0.2) is 8.42 Å². The number of carbonyl (C=O) groups is 1. The Bertz CT molecular complexity index is 1820. The van der Waals surface area contributed by atoms with E-state index in [1.54, 1.807) is 60.7 Å². The molecule has 1 N–H and O–H groups in total. The Morgan fingerprint density at radius 1 is 0.925 bits per heavy atom. The van der Waals surface area contributed by atoms with Gasteiger partial charge in [0.25, 0.3) is 15.9 Å². The first-order valence-electron chi connectivity index (χ1n) is 12.2. The number of fused-ring (bicyclic) bond motifs is 1. The highest BCUT2D eigenvalue weighted by Gasteiger charge is 2.26. The summed E-state index contributed by atoms with van der Waals surface area (Å²) in [4.78, 5) is 13.8. The van der Waals surface area contributed by atoms with Crippen molar-refractivity contribution >= 4 is 60.3 Å². The van der Waals surface area contributed by atoms with E-state index < -0.39 is 10.0 Å². The second kappa shape index (κ2) is 11.2. The van der Waals surface area contributed by atoms with Crippen molar-refractivity contribution in [3.05, 3.63) is 106 Å². The number of rotatable bonds is 8. The number of methoxy groups -OCH3 is 1. The van der Waals surface area contributed by atoms with E-state index in [9.17, 15) is 13.2 Å². The Morgan fingerprint density at radius 2 is 1.68 bits per heavy atom. The number of hydrogen-bond donors (Lipinski definition) is 1. The minimum absolute atomic E-state index is 0.0815. The van der Waals surface area contributed by atoms with Crippen LogP contribution in [0.3, 0.4) is 0 Å². The third-order valence-electron chi connectivity index (χ3n) is 6.21. The average Bonchev–Trinajstić information content (AvgIpc) is 3.38. The molecule has 0 aliphatic heterocycles. The summed E-state index contributed by atoms with van der Waals surface area (Å²) < 4.78 is 40.2. The van der Waals surface area contributed by atoms with E-state index in [0.29, 0.717) is 32.8 Å². The molecule has 0 aliphatic rings. The van der Waals surface area contributed by atoms with Crippen LogP contribution < -0.4 is 19.1 Å². The van der Waals surface area contributed by atoms with Crippen LogP contribution in [-0.4, -0.2) is 28.5 Å². The Hall–Kier alpha value is -4.05. The molecule has 1 amide bonds. The lowest BCUT2D eigenvalue weighted by molar-refractivity contribution is 0.103. The third-order valence-corrected chi connectivity index (χ3v) is 9.36. The molecule has 0 spiro atoms. The molecule has 1 aromatic heterocycles. The normalized spacial score (nSPS) is 11.3. The van der Waals surface area contributed by atoms with Crippen molar-refractivity contribution in [1.29, 1.82) is 0 Å². The van der Waals surface area contributed by atoms with Crippen molar-refractivity contribution in [3.63, 3.8) is 0 Å². The van der Waals surface area contributed by atoms with Gasteiger partial charge in [-0.2, -0.15) is 0 Å². The number of benzene rings is 4. The van der Waals surface area contributed by atoms with Gasteiger partial charge in [-0.3, -0.25) is 9.10 Å². The molecule has 4 aromatic carbocycles. The molecule has 0 bridgehead atoms. The van der Waals surface area contributed by atoms with Crippen molar-refractivity contribution in [2.75, 3.05) is 23.8 Å². The number of thiophene rings is 1. The lowest BCUT2D eigenvalue weighted by Crippen LogP contribution is -2.27. The molecule has 0 radical (unpaired) electrons. The smallest absolute Gasteiger partial charge is 0.267 e. The van der Waals surface area contributed by atoms with Crippen molar-refractivity contribution < 1.29 is 22.7 Å². The Morgan fingerprint density at radius 3 is 2.42 bits per heavy atom. The topological polar surface area (TPSA) is 84.9 Å². The second-order valence-corrected chi connectivity index (χ2v) is 12.4. The molecule has 0 atom stereocenters. The number of nitrogens with zero attached hydrogens (tertiary/aromatic N) is 1. The van der Waals surface area contributed by atoms with E-state index in [-0.39, 0.29) is 16.6 Å². The number of carbonyl (C=O) groups excluding carboxylic acids is 1. The lowest BCUT2D eigenvalue weighted by Gasteiger charge is -2.21. The summed E-state index contributed by atoms with van der Waals surface area (Å²) in [6.45, 7) is 1.82. The first-order valence-corrected chi connectivity index (χ1v) is 14.8. The summed E-state index contributed by atoms with van der Waals surface area (Å²) >= 11 is 7.50. The molecule has 0 saturated carbocycles. The molecule has 40 heavy (non-hydrogen) atoms. The number of amides is 1. The first kappa shape index (κ1) is 27.5. The van der Waals surface area contributed by atoms with Crippen LogP contribution in [0.2, 0.25) is 5.02 Å². The van der Waals surface area contributed by atoms with Gasteiger partial charge in [-0.05, 0) is 84.6 Å². The zero-order valence-corrected chi connectivity index (χ0v) is 24.2. The summed E-state index contributed by atoms with van der Waals surface area (Å²) in [6.07, 6.45) is 0. The predicted octanol–water partition coefficient (Wildman–Crippen LogP) is 7.74. The maximum atomic E-state index is 13.5. The van der Waals surface area contributed by atoms with E-state index in [2.05, 4.69) is 5.32 Å². The molecular formula is C30H25ClN2O5S2. The zero-order valence-electron chi connectivity index (χ0n) is 21.8. The first-order chi connectivity index (χ1) is 19.2. The fourth-order valence-corrected chi connectivity index (χ4v) is 6.64. The summed E-state index contributed by atoms with van der Waals surface area (Å²) in [5, 5.41) is 4.08. The van der Waals surface area contributed by atoms with Crippen LogP contribution in [0.4, 0.5) is 11.4 Å². The maximum Gasteiger partial charge on any atom is 0.267 e. The van der Waals surface area contributed by atoms with Crippen molar-refractivity contribution in [3.8, 4) is 17.2 Å². The van der Waals surface area contributed by atoms with Gasteiger partial charge in [0.1, 0.15) is 16.4 Å². The fraction of sp³-hybridized carbons (Fsp3) is 0.100. The number of para-hydroxylation sites is 1. The number of halogens is 1. The van der Waals surface area contributed by atoms with Gasteiger partial charge in [0.15, 0.2) is 5.75 Å². The number of anilines is 2. The lowest BCUT2D eigenvalue weighted by atomic mass is 10.2. The number of hydrogen-bond acceptors (Lipinski definition) is 6.